The van der Waals surface area contributed by atoms with E-state index in [1.807, 2.05) is 67.6 Å². The topological polar surface area (TPSA) is 26.3 Å². The SMILES string of the molecule is COc1ccc(C(=O)Cc2ccc(C)cc2)c2ccccc12. The van der Waals surface area contributed by atoms with E-state index < -0.39 is 0 Å². The lowest BCUT2D eigenvalue weighted by Crippen LogP contribution is -2.04. The number of carbonyl (C=O) groups excluding carboxylic acids is 1. The number of ether oxygens (including phenoxy) is 1. The van der Waals surface area contributed by atoms with E-state index in [-0.39, 0.29) is 5.78 Å². The summed E-state index contributed by atoms with van der Waals surface area (Å²) >= 11 is 0. The van der Waals surface area contributed by atoms with E-state index in [1.54, 1.807) is 7.11 Å². The van der Waals surface area contributed by atoms with Crippen LogP contribution in [-0.4, -0.2) is 12.9 Å². The highest BCUT2D eigenvalue weighted by atomic mass is 16.5. The summed E-state index contributed by atoms with van der Waals surface area (Å²) in [6.45, 7) is 2.04. The average Bonchev–Trinajstić information content (AvgIpc) is 2.56. The molecule has 0 saturated carbocycles. The average molecular weight is 290 g/mol. The van der Waals surface area contributed by atoms with Gasteiger partial charge in [0, 0.05) is 17.4 Å². The monoisotopic (exact) mass is 290 g/mol. The van der Waals surface area contributed by atoms with Crippen molar-refractivity contribution in [2.45, 2.75) is 13.3 Å². The third-order valence-corrected chi connectivity index (χ3v) is 3.89. The van der Waals surface area contributed by atoms with E-state index in [9.17, 15) is 4.79 Å². The predicted octanol–water partition coefficient (Wildman–Crippen LogP) is 4.58. The van der Waals surface area contributed by atoms with Crippen LogP contribution in [0.2, 0.25) is 0 Å². The van der Waals surface area contributed by atoms with Crippen molar-refractivity contribution >= 4 is 16.6 Å². The Morgan fingerprint density at radius 3 is 2.27 bits per heavy atom. The highest BCUT2D eigenvalue weighted by Gasteiger charge is 2.13. The Balaban J connectivity index is 1.99. The number of methoxy groups -OCH3 is 1. The van der Waals surface area contributed by atoms with E-state index in [0.717, 1.165) is 27.6 Å². The van der Waals surface area contributed by atoms with Gasteiger partial charge >= 0.3 is 0 Å². The summed E-state index contributed by atoms with van der Waals surface area (Å²) in [5.74, 6) is 0.921. The second kappa shape index (κ2) is 6.02. The number of Topliss-reactive ketones (excluding diaryl/α,β-unsaturated/α-hetero) is 1. The minimum absolute atomic E-state index is 0.128. The van der Waals surface area contributed by atoms with Crippen molar-refractivity contribution in [2.24, 2.45) is 0 Å². The molecule has 0 radical (unpaired) electrons. The number of carbonyl (C=O) groups is 1. The van der Waals surface area contributed by atoms with Gasteiger partial charge in [-0.3, -0.25) is 4.79 Å². The molecular formula is C20H18O2. The minimum atomic E-state index is 0.128. The number of fused-ring (bicyclic) bond motifs is 1. The van der Waals surface area contributed by atoms with Crippen LogP contribution in [0.5, 0.6) is 5.75 Å². The lowest BCUT2D eigenvalue weighted by Gasteiger charge is -2.10. The number of hydrogen-bond acceptors (Lipinski definition) is 2. The molecule has 0 unspecified atom stereocenters. The van der Waals surface area contributed by atoms with Crippen LogP contribution in [0.3, 0.4) is 0 Å². The third kappa shape index (κ3) is 2.73. The highest BCUT2D eigenvalue weighted by Crippen LogP contribution is 2.29. The first kappa shape index (κ1) is 14.3. The number of benzene rings is 3. The van der Waals surface area contributed by atoms with Gasteiger partial charge in [-0.2, -0.15) is 0 Å². The van der Waals surface area contributed by atoms with Crippen molar-refractivity contribution in [1.82, 2.24) is 0 Å². The predicted molar refractivity (Wildman–Crippen MR) is 89.7 cm³/mol. The molecule has 0 heterocycles. The first-order valence-electron chi connectivity index (χ1n) is 7.33. The molecule has 0 aliphatic carbocycles. The Hall–Kier alpha value is -2.61. The molecule has 0 aliphatic heterocycles. The van der Waals surface area contributed by atoms with Crippen molar-refractivity contribution in [1.29, 1.82) is 0 Å². The van der Waals surface area contributed by atoms with E-state index >= 15 is 0 Å². The standard InChI is InChI=1S/C20H18O2/c1-14-7-9-15(10-8-14)13-19(21)17-11-12-20(22-2)18-6-4-3-5-16(17)18/h3-12H,13H2,1-2H3. The molecule has 0 fully saturated rings. The van der Waals surface area contributed by atoms with E-state index in [4.69, 9.17) is 4.74 Å². The molecule has 0 amide bonds. The van der Waals surface area contributed by atoms with Crippen molar-refractivity contribution in [3.8, 4) is 5.75 Å². The van der Waals surface area contributed by atoms with Crippen molar-refractivity contribution in [2.75, 3.05) is 7.11 Å². The van der Waals surface area contributed by atoms with Crippen LogP contribution in [0.25, 0.3) is 10.8 Å². The van der Waals surface area contributed by atoms with Crippen LogP contribution in [-0.2, 0) is 6.42 Å². The molecule has 2 heteroatoms. The van der Waals surface area contributed by atoms with Crippen LogP contribution in [0.1, 0.15) is 21.5 Å². The van der Waals surface area contributed by atoms with Crippen molar-refractivity contribution in [3.63, 3.8) is 0 Å². The van der Waals surface area contributed by atoms with Gasteiger partial charge in [0.25, 0.3) is 0 Å². The fraction of sp³-hybridized carbons (Fsp3) is 0.150. The van der Waals surface area contributed by atoms with E-state index in [1.165, 1.54) is 5.56 Å². The third-order valence-electron chi connectivity index (χ3n) is 3.89. The maximum Gasteiger partial charge on any atom is 0.167 e. The lowest BCUT2D eigenvalue weighted by atomic mass is 9.96. The highest BCUT2D eigenvalue weighted by molar-refractivity contribution is 6.10. The number of rotatable bonds is 4. The van der Waals surface area contributed by atoms with Gasteiger partial charge in [-0.1, -0.05) is 54.1 Å². The molecule has 0 atom stereocenters. The summed E-state index contributed by atoms with van der Waals surface area (Å²) in [4.78, 5) is 12.7. The number of aryl methyl sites for hydroxylation is 1. The largest absolute Gasteiger partial charge is 0.496 e. The zero-order chi connectivity index (χ0) is 15.5. The van der Waals surface area contributed by atoms with Crippen LogP contribution in [0.15, 0.2) is 60.7 Å². The van der Waals surface area contributed by atoms with Gasteiger partial charge in [-0.15, -0.1) is 0 Å². The van der Waals surface area contributed by atoms with Crippen LogP contribution in [0, 0.1) is 6.92 Å². The first-order valence-corrected chi connectivity index (χ1v) is 7.33. The summed E-state index contributed by atoms with van der Waals surface area (Å²) in [7, 11) is 1.65. The summed E-state index contributed by atoms with van der Waals surface area (Å²) in [5, 5.41) is 1.92. The van der Waals surface area contributed by atoms with Crippen LogP contribution < -0.4 is 4.74 Å². The maximum absolute atomic E-state index is 12.7. The lowest BCUT2D eigenvalue weighted by molar-refractivity contribution is 0.0994. The van der Waals surface area contributed by atoms with E-state index in [0.29, 0.717) is 6.42 Å². The Morgan fingerprint density at radius 1 is 0.909 bits per heavy atom. The Bertz CT molecular complexity index is 817. The van der Waals surface area contributed by atoms with Gasteiger partial charge in [-0.05, 0) is 30.0 Å². The molecule has 3 rings (SSSR count). The Kier molecular flexibility index (Phi) is 3.92. The fourth-order valence-electron chi connectivity index (χ4n) is 2.68. The molecule has 3 aromatic rings. The molecule has 110 valence electrons. The molecule has 0 saturated heterocycles. The van der Waals surface area contributed by atoms with Gasteiger partial charge in [0.2, 0.25) is 0 Å². The van der Waals surface area contributed by atoms with Crippen molar-refractivity contribution < 1.29 is 9.53 Å². The number of ketones is 1. The van der Waals surface area contributed by atoms with Gasteiger partial charge in [-0.25, -0.2) is 0 Å². The summed E-state index contributed by atoms with van der Waals surface area (Å²) in [5.41, 5.74) is 2.98. The molecule has 0 spiro atoms. The number of hydrogen-bond donors (Lipinski definition) is 0. The second-order valence-corrected chi connectivity index (χ2v) is 5.45. The van der Waals surface area contributed by atoms with Gasteiger partial charge in [0.05, 0.1) is 7.11 Å². The molecule has 0 aliphatic rings. The molecule has 0 N–H and O–H groups in total. The smallest absolute Gasteiger partial charge is 0.167 e. The molecule has 0 bridgehead atoms. The molecule has 0 aromatic heterocycles. The Morgan fingerprint density at radius 2 is 1.59 bits per heavy atom. The van der Waals surface area contributed by atoms with Crippen LogP contribution in [0.4, 0.5) is 0 Å². The fourth-order valence-corrected chi connectivity index (χ4v) is 2.68. The van der Waals surface area contributed by atoms with Gasteiger partial charge in [0.15, 0.2) is 5.78 Å². The van der Waals surface area contributed by atoms with E-state index in [2.05, 4.69) is 0 Å². The molecule has 22 heavy (non-hydrogen) atoms. The Labute approximate surface area is 130 Å². The van der Waals surface area contributed by atoms with Gasteiger partial charge in [0.1, 0.15) is 5.75 Å². The normalized spacial score (nSPS) is 10.6. The van der Waals surface area contributed by atoms with Gasteiger partial charge < -0.3 is 4.74 Å². The molecule has 2 nitrogen and oxygen atoms in total. The van der Waals surface area contributed by atoms with Crippen molar-refractivity contribution in [3.05, 3.63) is 77.4 Å². The summed E-state index contributed by atoms with van der Waals surface area (Å²) in [6, 6.07) is 19.7. The minimum Gasteiger partial charge on any atom is -0.496 e. The quantitative estimate of drug-likeness (QED) is 0.657. The molecule has 3 aromatic carbocycles. The zero-order valence-corrected chi connectivity index (χ0v) is 12.8. The summed E-state index contributed by atoms with van der Waals surface area (Å²) < 4.78 is 5.38. The first-order chi connectivity index (χ1) is 10.7. The zero-order valence-electron chi connectivity index (χ0n) is 12.8. The summed E-state index contributed by atoms with van der Waals surface area (Å²) in [6.07, 6.45) is 0.413. The maximum atomic E-state index is 12.7. The second-order valence-electron chi connectivity index (χ2n) is 5.45. The van der Waals surface area contributed by atoms with Crippen LogP contribution >= 0.6 is 0 Å². The molecular weight excluding hydrogens is 272 g/mol.